The first kappa shape index (κ1) is 21.9. The quantitative estimate of drug-likeness (QED) is 0.350. The first-order chi connectivity index (χ1) is 13.0. The fraction of sp³-hybridized carbons (Fsp3) is 0.222. The Bertz CT molecular complexity index is 951. The highest BCUT2D eigenvalue weighted by Gasteiger charge is 2.35. The van der Waals surface area contributed by atoms with Gasteiger partial charge in [0.05, 0.1) is 22.1 Å². The Balaban J connectivity index is 2.58. The number of hydrogen-bond acceptors (Lipinski definition) is 6. The molecule has 0 saturated carbocycles. The predicted molar refractivity (Wildman–Crippen MR) is 105 cm³/mol. The van der Waals surface area contributed by atoms with Crippen molar-refractivity contribution in [1.29, 1.82) is 0 Å². The zero-order valence-corrected chi connectivity index (χ0v) is 17.2. The number of benzene rings is 2. The van der Waals surface area contributed by atoms with E-state index in [0.717, 1.165) is 13.2 Å². The van der Waals surface area contributed by atoms with E-state index in [1.807, 2.05) is 0 Å². The molecule has 0 bridgehead atoms. The highest BCUT2D eigenvalue weighted by molar-refractivity contribution is 6.41. The number of nitro benzene ring substituents is 1. The highest BCUT2D eigenvalue weighted by atomic mass is 35.5. The number of nitrogens with zero attached hydrogens (tertiary/aromatic N) is 1. The van der Waals surface area contributed by atoms with Crippen molar-refractivity contribution >= 4 is 52.4 Å². The molecular formula is C18H14Cl3NO6. The third-order valence-corrected chi connectivity index (χ3v) is 4.55. The fourth-order valence-electron chi connectivity index (χ4n) is 2.41. The second-order valence-corrected chi connectivity index (χ2v) is 7.38. The molecule has 0 aliphatic rings. The lowest BCUT2D eigenvalue weighted by Crippen LogP contribution is -2.38. The number of esters is 2. The molecule has 148 valence electrons. The van der Waals surface area contributed by atoms with Gasteiger partial charge in [0.2, 0.25) is 5.60 Å². The molecule has 0 saturated heterocycles. The Labute approximate surface area is 175 Å². The molecule has 0 fully saturated rings. The molecular weight excluding hydrogens is 433 g/mol. The van der Waals surface area contributed by atoms with Crippen LogP contribution in [0.4, 0.5) is 5.69 Å². The SMILES string of the molecule is COC(=O)C(C)(C)OC(=O)c1cc(-c2c(Cl)cc(Cl)cc2Cl)ccc1[N+](=O)[O-]. The summed E-state index contributed by atoms with van der Waals surface area (Å²) >= 11 is 18.3. The van der Waals surface area contributed by atoms with Gasteiger partial charge in [-0.05, 0) is 43.7 Å². The number of nitro groups is 1. The first-order valence-corrected chi connectivity index (χ1v) is 8.86. The monoisotopic (exact) mass is 445 g/mol. The smallest absolute Gasteiger partial charge is 0.349 e. The molecule has 2 aromatic rings. The van der Waals surface area contributed by atoms with Crippen molar-refractivity contribution in [3.8, 4) is 11.1 Å². The van der Waals surface area contributed by atoms with Crippen molar-refractivity contribution in [2.45, 2.75) is 19.4 Å². The molecule has 0 radical (unpaired) electrons. The lowest BCUT2D eigenvalue weighted by Gasteiger charge is -2.22. The fourth-order valence-corrected chi connectivity index (χ4v) is 3.44. The minimum Gasteiger partial charge on any atom is -0.466 e. The molecule has 0 aromatic heterocycles. The largest absolute Gasteiger partial charge is 0.466 e. The summed E-state index contributed by atoms with van der Waals surface area (Å²) in [6.07, 6.45) is 0. The maximum Gasteiger partial charge on any atom is 0.349 e. The normalized spacial score (nSPS) is 11.1. The van der Waals surface area contributed by atoms with Gasteiger partial charge in [0.1, 0.15) is 5.56 Å². The molecule has 0 atom stereocenters. The number of carbonyl (C=O) groups excluding carboxylic acids is 2. The molecule has 0 aliphatic heterocycles. The molecule has 0 amide bonds. The Morgan fingerprint density at radius 1 is 1.07 bits per heavy atom. The van der Waals surface area contributed by atoms with E-state index < -0.39 is 28.2 Å². The summed E-state index contributed by atoms with van der Waals surface area (Å²) in [5.74, 6) is -1.89. The average Bonchev–Trinajstić information content (AvgIpc) is 2.59. The Morgan fingerprint density at radius 2 is 1.64 bits per heavy atom. The summed E-state index contributed by atoms with van der Waals surface area (Å²) in [5, 5.41) is 12.0. The van der Waals surface area contributed by atoms with Crippen LogP contribution >= 0.6 is 34.8 Å². The third-order valence-electron chi connectivity index (χ3n) is 3.73. The molecule has 7 nitrogen and oxygen atoms in total. The van der Waals surface area contributed by atoms with Crippen LogP contribution in [0.1, 0.15) is 24.2 Å². The van der Waals surface area contributed by atoms with E-state index in [0.29, 0.717) is 16.1 Å². The van der Waals surface area contributed by atoms with Crippen LogP contribution in [-0.2, 0) is 14.3 Å². The van der Waals surface area contributed by atoms with Gasteiger partial charge < -0.3 is 9.47 Å². The maximum atomic E-state index is 12.6. The van der Waals surface area contributed by atoms with Gasteiger partial charge in [0.25, 0.3) is 5.69 Å². The van der Waals surface area contributed by atoms with Gasteiger partial charge in [-0.3, -0.25) is 10.1 Å². The molecule has 2 rings (SSSR count). The zero-order chi connectivity index (χ0) is 21.2. The van der Waals surface area contributed by atoms with Crippen molar-refractivity contribution in [3.05, 3.63) is 61.1 Å². The second-order valence-electron chi connectivity index (χ2n) is 6.12. The molecule has 0 aliphatic carbocycles. The van der Waals surface area contributed by atoms with Gasteiger partial charge in [-0.15, -0.1) is 0 Å². The molecule has 2 aromatic carbocycles. The van der Waals surface area contributed by atoms with Crippen LogP contribution in [0, 0.1) is 10.1 Å². The number of rotatable bonds is 5. The molecule has 0 spiro atoms. The number of hydrogen-bond donors (Lipinski definition) is 0. The number of methoxy groups -OCH3 is 1. The molecule has 10 heteroatoms. The molecule has 28 heavy (non-hydrogen) atoms. The second kappa shape index (κ2) is 8.34. The lowest BCUT2D eigenvalue weighted by molar-refractivity contribution is -0.385. The van der Waals surface area contributed by atoms with Gasteiger partial charge in [0.15, 0.2) is 0 Å². The van der Waals surface area contributed by atoms with E-state index in [1.54, 1.807) is 0 Å². The number of ether oxygens (including phenoxy) is 2. The van der Waals surface area contributed by atoms with Crippen LogP contribution in [0.2, 0.25) is 15.1 Å². The lowest BCUT2D eigenvalue weighted by atomic mass is 10.0. The number of carbonyl (C=O) groups is 2. The predicted octanol–water partition coefficient (Wildman–Crippen LogP) is 5.33. The van der Waals surface area contributed by atoms with Gasteiger partial charge in [0, 0.05) is 16.7 Å². The highest BCUT2D eigenvalue weighted by Crippen LogP contribution is 2.39. The standard InChI is InChI=1S/C18H14Cl3NO6/c1-18(2,17(24)27-3)28-16(23)11-6-9(4-5-14(11)22(25)26)15-12(20)7-10(19)8-13(15)21/h4-8H,1-3H3. The van der Waals surface area contributed by atoms with Crippen LogP contribution in [0.15, 0.2) is 30.3 Å². The van der Waals surface area contributed by atoms with E-state index in [2.05, 4.69) is 4.74 Å². The molecule has 0 N–H and O–H groups in total. The summed E-state index contributed by atoms with van der Waals surface area (Å²) in [6.45, 7) is 2.61. The van der Waals surface area contributed by atoms with E-state index in [9.17, 15) is 19.7 Å². The van der Waals surface area contributed by atoms with Gasteiger partial charge in [-0.2, -0.15) is 0 Å². The van der Waals surface area contributed by atoms with Crippen LogP contribution in [0.25, 0.3) is 11.1 Å². The Morgan fingerprint density at radius 3 is 2.14 bits per heavy atom. The van der Waals surface area contributed by atoms with Crippen LogP contribution < -0.4 is 0 Å². The van der Waals surface area contributed by atoms with E-state index in [-0.39, 0.29) is 15.6 Å². The minimum atomic E-state index is -1.65. The zero-order valence-electron chi connectivity index (χ0n) is 14.9. The van der Waals surface area contributed by atoms with E-state index in [1.165, 1.54) is 38.1 Å². The Hall–Kier alpha value is -2.35. The topological polar surface area (TPSA) is 95.7 Å². The van der Waals surface area contributed by atoms with Crippen molar-refractivity contribution in [1.82, 2.24) is 0 Å². The molecule has 0 unspecified atom stereocenters. The summed E-state index contributed by atoms with van der Waals surface area (Å²) in [6, 6.07) is 6.63. The maximum absolute atomic E-state index is 12.6. The average molecular weight is 447 g/mol. The van der Waals surface area contributed by atoms with Crippen LogP contribution in [-0.4, -0.2) is 29.6 Å². The minimum absolute atomic E-state index is 0.195. The summed E-state index contributed by atoms with van der Waals surface area (Å²) < 4.78 is 9.70. The van der Waals surface area contributed by atoms with Crippen LogP contribution in [0.3, 0.4) is 0 Å². The van der Waals surface area contributed by atoms with E-state index in [4.69, 9.17) is 39.5 Å². The van der Waals surface area contributed by atoms with Crippen molar-refractivity contribution < 1.29 is 24.0 Å². The molecule has 0 heterocycles. The van der Waals surface area contributed by atoms with Crippen molar-refractivity contribution in [2.24, 2.45) is 0 Å². The Kier molecular flexibility index (Phi) is 6.54. The van der Waals surface area contributed by atoms with Crippen molar-refractivity contribution in [2.75, 3.05) is 7.11 Å². The number of halogens is 3. The van der Waals surface area contributed by atoms with Gasteiger partial charge in [-0.1, -0.05) is 34.8 Å². The summed E-state index contributed by atoms with van der Waals surface area (Å²) in [7, 11) is 1.13. The summed E-state index contributed by atoms with van der Waals surface area (Å²) in [4.78, 5) is 34.9. The van der Waals surface area contributed by atoms with Crippen molar-refractivity contribution in [3.63, 3.8) is 0 Å². The third kappa shape index (κ3) is 4.55. The first-order valence-electron chi connectivity index (χ1n) is 7.73. The van der Waals surface area contributed by atoms with Gasteiger partial charge in [-0.25, -0.2) is 9.59 Å². The summed E-state index contributed by atoms with van der Waals surface area (Å²) in [5.41, 5.74) is -1.85. The van der Waals surface area contributed by atoms with Crippen LogP contribution in [0.5, 0.6) is 0 Å². The van der Waals surface area contributed by atoms with Gasteiger partial charge >= 0.3 is 11.9 Å². The van der Waals surface area contributed by atoms with E-state index >= 15 is 0 Å².